The summed E-state index contributed by atoms with van der Waals surface area (Å²) in [5.74, 6) is -2.00. The molecular weight excluding hydrogens is 276 g/mol. The summed E-state index contributed by atoms with van der Waals surface area (Å²) < 4.78 is 51.6. The number of benzene rings is 1. The van der Waals surface area contributed by atoms with E-state index in [0.717, 1.165) is 18.3 Å². The molecule has 8 heteroatoms. The Bertz CT molecular complexity index is 784. The van der Waals surface area contributed by atoms with Gasteiger partial charge in [0.05, 0.1) is 18.1 Å². The van der Waals surface area contributed by atoms with E-state index in [4.69, 9.17) is 0 Å². The van der Waals surface area contributed by atoms with E-state index in [-0.39, 0.29) is 16.9 Å². The van der Waals surface area contributed by atoms with Gasteiger partial charge in [-0.2, -0.15) is 18.6 Å². The van der Waals surface area contributed by atoms with Crippen LogP contribution in [-0.4, -0.2) is 19.7 Å². The zero-order valence-corrected chi connectivity index (χ0v) is 9.76. The number of hydrogen-bond donors (Lipinski definition) is 0. The van der Waals surface area contributed by atoms with Crippen molar-refractivity contribution in [2.24, 2.45) is 0 Å². The lowest BCUT2D eigenvalue weighted by atomic mass is 10.1. The van der Waals surface area contributed by atoms with Crippen molar-refractivity contribution in [1.29, 1.82) is 0 Å². The minimum Gasteiger partial charge on any atom is -0.241 e. The predicted octanol–water partition coefficient (Wildman–Crippen LogP) is 3.17. The van der Waals surface area contributed by atoms with Crippen molar-refractivity contribution < 1.29 is 17.6 Å². The third kappa shape index (κ3) is 1.98. The van der Waals surface area contributed by atoms with Crippen molar-refractivity contribution in [2.45, 2.75) is 6.55 Å². The van der Waals surface area contributed by atoms with Gasteiger partial charge in [0.1, 0.15) is 5.52 Å². The van der Waals surface area contributed by atoms with E-state index >= 15 is 0 Å². The monoisotopic (exact) mass is 282 g/mol. The molecule has 2 heterocycles. The summed E-state index contributed by atoms with van der Waals surface area (Å²) in [7, 11) is 0. The van der Waals surface area contributed by atoms with E-state index in [0.29, 0.717) is 10.2 Å². The minimum atomic E-state index is -2.82. The Hall–Kier alpha value is -2.51. The maximum atomic E-state index is 13.1. The number of fused-ring (bicyclic) bond motifs is 1. The van der Waals surface area contributed by atoms with Crippen LogP contribution in [-0.2, 0) is 0 Å². The second-order valence-corrected chi connectivity index (χ2v) is 3.96. The fourth-order valence-electron chi connectivity index (χ4n) is 1.77. The summed E-state index contributed by atoms with van der Waals surface area (Å²) in [6.07, 6.45) is 2.34. The van der Waals surface area contributed by atoms with Crippen molar-refractivity contribution in [3.8, 4) is 11.3 Å². The molecule has 0 N–H and O–H groups in total. The van der Waals surface area contributed by atoms with Gasteiger partial charge in [-0.3, -0.25) is 0 Å². The molecule has 0 bridgehead atoms. The number of nitrogens with zero attached hydrogens (tertiary/aromatic N) is 4. The van der Waals surface area contributed by atoms with Crippen LogP contribution in [0.4, 0.5) is 17.6 Å². The largest absolute Gasteiger partial charge is 0.335 e. The molecule has 1 aromatic carbocycles. The Morgan fingerprint density at radius 2 is 1.85 bits per heavy atom. The molecule has 20 heavy (non-hydrogen) atoms. The number of aromatic nitrogens is 4. The second-order valence-electron chi connectivity index (χ2n) is 3.96. The average molecular weight is 282 g/mol. The molecule has 4 nitrogen and oxygen atoms in total. The van der Waals surface area contributed by atoms with Crippen LogP contribution >= 0.6 is 0 Å². The summed E-state index contributed by atoms with van der Waals surface area (Å²) in [6.45, 7) is -2.82. The predicted molar refractivity (Wildman–Crippen MR) is 61.9 cm³/mol. The van der Waals surface area contributed by atoms with Gasteiger partial charge in [-0.15, -0.1) is 0 Å². The van der Waals surface area contributed by atoms with Gasteiger partial charge in [0.15, 0.2) is 17.3 Å². The summed E-state index contributed by atoms with van der Waals surface area (Å²) >= 11 is 0. The van der Waals surface area contributed by atoms with Crippen LogP contribution in [0, 0.1) is 11.6 Å². The molecule has 0 atom stereocenters. The van der Waals surface area contributed by atoms with E-state index in [1.165, 1.54) is 12.3 Å². The van der Waals surface area contributed by atoms with Crippen molar-refractivity contribution in [2.75, 3.05) is 0 Å². The molecule has 2 aromatic heterocycles. The second kappa shape index (κ2) is 4.55. The van der Waals surface area contributed by atoms with Crippen LogP contribution < -0.4 is 0 Å². The Kier molecular flexibility index (Phi) is 2.85. The lowest BCUT2D eigenvalue weighted by Crippen LogP contribution is -2.01. The lowest BCUT2D eigenvalue weighted by molar-refractivity contribution is 0.0608. The highest BCUT2D eigenvalue weighted by Gasteiger charge is 2.14. The Labute approximate surface area is 109 Å². The van der Waals surface area contributed by atoms with E-state index in [1.807, 2.05) is 0 Å². The average Bonchev–Trinajstić information content (AvgIpc) is 2.85. The van der Waals surface area contributed by atoms with Crippen molar-refractivity contribution in [3.63, 3.8) is 0 Å². The number of alkyl halides is 2. The highest BCUT2D eigenvalue weighted by atomic mass is 19.3. The molecule has 3 aromatic rings. The summed E-state index contributed by atoms with van der Waals surface area (Å²) in [5, 5.41) is 3.47. The smallest absolute Gasteiger partial charge is 0.241 e. The van der Waals surface area contributed by atoms with Gasteiger partial charge in [-0.25, -0.2) is 18.7 Å². The molecule has 3 rings (SSSR count). The molecule has 0 radical (unpaired) electrons. The van der Waals surface area contributed by atoms with E-state index in [9.17, 15) is 17.6 Å². The molecule has 102 valence electrons. The molecule has 0 saturated carbocycles. The van der Waals surface area contributed by atoms with E-state index < -0.39 is 18.2 Å². The van der Waals surface area contributed by atoms with Crippen LogP contribution in [0.25, 0.3) is 22.4 Å². The maximum Gasteiger partial charge on any atom is 0.335 e. The maximum absolute atomic E-state index is 13.1. The zero-order chi connectivity index (χ0) is 14.3. The van der Waals surface area contributed by atoms with Gasteiger partial charge >= 0.3 is 6.55 Å². The fourth-order valence-corrected chi connectivity index (χ4v) is 1.77. The molecule has 0 aliphatic carbocycles. The molecule has 0 aliphatic rings. The first-order valence-corrected chi connectivity index (χ1v) is 5.50. The number of halogens is 4. The first-order chi connectivity index (χ1) is 9.56. The third-order valence-corrected chi connectivity index (χ3v) is 2.70. The van der Waals surface area contributed by atoms with Crippen LogP contribution in [0.5, 0.6) is 0 Å². The standard InChI is InChI=1S/C12H6F4N4/c13-7-2-1-6(3-8(7)14)9-4-17-11-10(19-9)5-18-20(11)12(15)16/h1-5,12H. The third-order valence-electron chi connectivity index (χ3n) is 2.70. The van der Waals surface area contributed by atoms with Gasteiger partial charge in [-0.05, 0) is 18.2 Å². The SMILES string of the molecule is Fc1ccc(-c2cnc3c(cnn3C(F)F)n2)cc1F. The summed E-state index contributed by atoms with van der Waals surface area (Å²) in [5.41, 5.74) is 0.604. The molecule has 0 saturated heterocycles. The van der Waals surface area contributed by atoms with Crippen LogP contribution in [0.1, 0.15) is 6.55 Å². The van der Waals surface area contributed by atoms with Gasteiger partial charge in [0.2, 0.25) is 0 Å². The molecular formula is C12H6F4N4. The van der Waals surface area contributed by atoms with Gasteiger partial charge in [0, 0.05) is 5.56 Å². The van der Waals surface area contributed by atoms with Crippen LogP contribution in [0.3, 0.4) is 0 Å². The normalized spacial score (nSPS) is 11.4. The van der Waals surface area contributed by atoms with Crippen LogP contribution in [0.2, 0.25) is 0 Å². The Morgan fingerprint density at radius 1 is 1.05 bits per heavy atom. The molecule has 0 spiro atoms. The van der Waals surface area contributed by atoms with E-state index in [1.54, 1.807) is 0 Å². The minimum absolute atomic E-state index is 0.0775. The van der Waals surface area contributed by atoms with Crippen LogP contribution in [0.15, 0.2) is 30.6 Å². The quantitative estimate of drug-likeness (QED) is 0.678. The van der Waals surface area contributed by atoms with Crippen molar-refractivity contribution in [1.82, 2.24) is 19.7 Å². The number of rotatable bonds is 2. The highest BCUT2D eigenvalue weighted by Crippen LogP contribution is 2.22. The fraction of sp³-hybridized carbons (Fsp3) is 0.0833. The molecule has 0 amide bonds. The summed E-state index contributed by atoms with van der Waals surface area (Å²) in [6, 6.07) is 3.24. The van der Waals surface area contributed by atoms with Gasteiger partial charge in [-0.1, -0.05) is 0 Å². The summed E-state index contributed by atoms with van der Waals surface area (Å²) in [4.78, 5) is 7.88. The van der Waals surface area contributed by atoms with E-state index in [2.05, 4.69) is 15.1 Å². The molecule has 0 fully saturated rings. The van der Waals surface area contributed by atoms with Crippen molar-refractivity contribution >= 4 is 11.2 Å². The molecule has 0 aliphatic heterocycles. The van der Waals surface area contributed by atoms with Crippen molar-refractivity contribution in [3.05, 3.63) is 42.2 Å². The lowest BCUT2D eigenvalue weighted by Gasteiger charge is -2.03. The topological polar surface area (TPSA) is 43.6 Å². The first-order valence-electron chi connectivity index (χ1n) is 5.50. The Morgan fingerprint density at radius 3 is 2.55 bits per heavy atom. The zero-order valence-electron chi connectivity index (χ0n) is 9.76. The van der Waals surface area contributed by atoms with Gasteiger partial charge in [0.25, 0.3) is 0 Å². The van der Waals surface area contributed by atoms with Gasteiger partial charge < -0.3 is 0 Å². The Balaban J connectivity index is 2.11. The first kappa shape index (κ1) is 12.5. The number of hydrogen-bond acceptors (Lipinski definition) is 3. The highest BCUT2D eigenvalue weighted by molar-refractivity contribution is 5.73. The molecule has 0 unspecified atom stereocenters.